The number of halogens is 5. The Balaban J connectivity index is 2.13. The van der Waals surface area contributed by atoms with Gasteiger partial charge in [0.05, 0.1) is 17.9 Å². The predicted octanol–water partition coefficient (Wildman–Crippen LogP) is 4.23. The summed E-state index contributed by atoms with van der Waals surface area (Å²) < 4.78 is 65.7. The van der Waals surface area contributed by atoms with Crippen LogP contribution in [0.15, 0.2) is 24.4 Å². The van der Waals surface area contributed by atoms with Gasteiger partial charge in [-0.15, -0.1) is 0 Å². The molecule has 2 aromatic rings. The van der Waals surface area contributed by atoms with Crippen LogP contribution in [0, 0.1) is 18.6 Å². The Labute approximate surface area is 129 Å². The Hall–Kier alpha value is -2.38. The van der Waals surface area contributed by atoms with Crippen LogP contribution in [-0.2, 0) is 6.18 Å². The average Bonchev–Trinajstić information content (AvgIpc) is 2.77. The van der Waals surface area contributed by atoms with Crippen molar-refractivity contribution in [1.29, 1.82) is 0 Å². The SMILES string of the molecule is Cc1cnc2c(c1)N(C)CN2c1cc(F)c(F)c(C(F)(F)F)c1. The van der Waals surface area contributed by atoms with Crippen LogP contribution >= 0.6 is 0 Å². The number of fused-ring (bicyclic) bond motifs is 1. The second-order valence-electron chi connectivity index (χ2n) is 5.41. The van der Waals surface area contributed by atoms with Gasteiger partial charge in [-0.2, -0.15) is 13.2 Å². The van der Waals surface area contributed by atoms with Crippen LogP contribution in [0.25, 0.3) is 0 Å². The highest BCUT2D eigenvalue weighted by molar-refractivity contribution is 5.79. The van der Waals surface area contributed by atoms with Crippen molar-refractivity contribution in [3.05, 3.63) is 47.2 Å². The second kappa shape index (κ2) is 5.07. The molecule has 0 fully saturated rings. The molecule has 1 aromatic carbocycles. The van der Waals surface area contributed by atoms with E-state index in [1.807, 2.05) is 13.0 Å². The fourth-order valence-corrected chi connectivity index (χ4v) is 2.53. The van der Waals surface area contributed by atoms with Crippen molar-refractivity contribution in [2.75, 3.05) is 23.5 Å². The minimum Gasteiger partial charge on any atom is -0.354 e. The van der Waals surface area contributed by atoms with E-state index in [9.17, 15) is 22.0 Å². The first-order valence-corrected chi connectivity index (χ1v) is 6.70. The van der Waals surface area contributed by atoms with Crippen molar-refractivity contribution in [2.24, 2.45) is 0 Å². The van der Waals surface area contributed by atoms with Crippen LogP contribution in [0.5, 0.6) is 0 Å². The molecule has 0 atom stereocenters. The number of rotatable bonds is 1. The second-order valence-corrected chi connectivity index (χ2v) is 5.41. The van der Waals surface area contributed by atoms with Crippen LogP contribution in [0.1, 0.15) is 11.1 Å². The Kier molecular flexibility index (Phi) is 3.42. The van der Waals surface area contributed by atoms with Gasteiger partial charge in [-0.05, 0) is 24.6 Å². The normalized spacial score (nSPS) is 14.4. The topological polar surface area (TPSA) is 19.4 Å². The summed E-state index contributed by atoms with van der Waals surface area (Å²) in [4.78, 5) is 7.37. The molecule has 0 bridgehead atoms. The highest BCUT2D eigenvalue weighted by atomic mass is 19.4. The quantitative estimate of drug-likeness (QED) is 0.730. The third-order valence-electron chi connectivity index (χ3n) is 3.63. The number of alkyl halides is 3. The summed E-state index contributed by atoms with van der Waals surface area (Å²) in [7, 11) is 1.74. The van der Waals surface area contributed by atoms with E-state index in [1.54, 1.807) is 18.1 Å². The Morgan fingerprint density at radius 1 is 1.13 bits per heavy atom. The monoisotopic (exact) mass is 329 g/mol. The van der Waals surface area contributed by atoms with Gasteiger partial charge in [0.15, 0.2) is 17.5 Å². The number of pyridine rings is 1. The van der Waals surface area contributed by atoms with Crippen molar-refractivity contribution in [2.45, 2.75) is 13.1 Å². The van der Waals surface area contributed by atoms with Crippen molar-refractivity contribution in [1.82, 2.24) is 4.98 Å². The van der Waals surface area contributed by atoms with Gasteiger partial charge < -0.3 is 9.80 Å². The number of benzene rings is 1. The van der Waals surface area contributed by atoms with Gasteiger partial charge in [0, 0.05) is 25.0 Å². The molecule has 0 N–H and O–H groups in total. The smallest absolute Gasteiger partial charge is 0.354 e. The molecule has 8 heteroatoms. The van der Waals surface area contributed by atoms with Gasteiger partial charge in [0.1, 0.15) is 0 Å². The summed E-state index contributed by atoms with van der Waals surface area (Å²) in [5.74, 6) is -3.04. The molecule has 0 unspecified atom stereocenters. The number of aryl methyl sites for hydroxylation is 1. The minimum atomic E-state index is -4.98. The molecule has 2 heterocycles. The zero-order valence-electron chi connectivity index (χ0n) is 12.2. The standard InChI is InChI=1S/C15H12F5N3/c1-8-3-12-14(21-6-8)23(7-22(12)2)9-4-10(15(18,19)20)13(17)11(16)5-9/h3-6H,7H2,1-2H3. The molecule has 0 saturated carbocycles. The number of nitrogens with zero attached hydrogens (tertiary/aromatic N) is 3. The molecule has 3 nitrogen and oxygen atoms in total. The van der Waals surface area contributed by atoms with E-state index in [0.717, 1.165) is 11.6 Å². The molecule has 1 aliphatic rings. The van der Waals surface area contributed by atoms with Crippen LogP contribution < -0.4 is 9.80 Å². The molecule has 0 saturated heterocycles. The zero-order chi connectivity index (χ0) is 16.9. The molecule has 0 amide bonds. The molecule has 3 rings (SSSR count). The minimum absolute atomic E-state index is 0.0989. The molecule has 122 valence electrons. The third-order valence-corrected chi connectivity index (χ3v) is 3.63. The molecule has 0 radical (unpaired) electrons. The molecular formula is C15H12F5N3. The van der Waals surface area contributed by atoms with Crippen LogP contribution in [0.4, 0.5) is 39.1 Å². The number of anilines is 3. The van der Waals surface area contributed by atoms with E-state index in [4.69, 9.17) is 0 Å². The lowest BCUT2D eigenvalue weighted by molar-refractivity contribution is -0.140. The van der Waals surface area contributed by atoms with E-state index in [-0.39, 0.29) is 12.4 Å². The first kappa shape index (κ1) is 15.5. The fourth-order valence-electron chi connectivity index (χ4n) is 2.53. The number of hydrogen-bond acceptors (Lipinski definition) is 3. The van der Waals surface area contributed by atoms with Gasteiger partial charge in [0.25, 0.3) is 0 Å². The average molecular weight is 329 g/mol. The lowest BCUT2D eigenvalue weighted by Gasteiger charge is -2.20. The van der Waals surface area contributed by atoms with Crippen LogP contribution in [-0.4, -0.2) is 18.7 Å². The van der Waals surface area contributed by atoms with E-state index in [2.05, 4.69) is 4.98 Å². The molecule has 1 aromatic heterocycles. The summed E-state index contributed by atoms with van der Waals surface area (Å²) in [5.41, 5.74) is -0.129. The first-order chi connectivity index (χ1) is 10.7. The van der Waals surface area contributed by atoms with Crippen molar-refractivity contribution in [3.8, 4) is 0 Å². The van der Waals surface area contributed by atoms with Crippen molar-refractivity contribution in [3.63, 3.8) is 0 Å². The van der Waals surface area contributed by atoms with Gasteiger partial charge in [-0.25, -0.2) is 13.8 Å². The maximum atomic E-state index is 13.6. The highest BCUT2D eigenvalue weighted by Gasteiger charge is 2.37. The molecule has 0 spiro atoms. The maximum absolute atomic E-state index is 13.6. The summed E-state index contributed by atoms with van der Waals surface area (Å²) in [6.45, 7) is 2.03. The molecule has 23 heavy (non-hydrogen) atoms. The van der Waals surface area contributed by atoms with Gasteiger partial charge in [-0.1, -0.05) is 0 Å². The van der Waals surface area contributed by atoms with Gasteiger partial charge in [-0.3, -0.25) is 0 Å². The Morgan fingerprint density at radius 3 is 2.48 bits per heavy atom. The summed E-state index contributed by atoms with van der Waals surface area (Å²) >= 11 is 0. The highest BCUT2D eigenvalue weighted by Crippen LogP contribution is 2.41. The fraction of sp³-hybridized carbons (Fsp3) is 0.267. The number of hydrogen-bond donors (Lipinski definition) is 0. The van der Waals surface area contributed by atoms with E-state index < -0.39 is 23.4 Å². The van der Waals surface area contributed by atoms with Crippen molar-refractivity contribution < 1.29 is 22.0 Å². The molecule has 0 aliphatic carbocycles. The first-order valence-electron chi connectivity index (χ1n) is 6.70. The summed E-state index contributed by atoms with van der Waals surface area (Å²) in [5, 5.41) is 0. The predicted molar refractivity (Wildman–Crippen MR) is 75.7 cm³/mol. The lowest BCUT2D eigenvalue weighted by atomic mass is 10.1. The van der Waals surface area contributed by atoms with E-state index in [1.165, 1.54) is 4.90 Å². The van der Waals surface area contributed by atoms with E-state index >= 15 is 0 Å². The zero-order valence-corrected chi connectivity index (χ0v) is 12.2. The van der Waals surface area contributed by atoms with Crippen LogP contribution in [0.3, 0.4) is 0 Å². The maximum Gasteiger partial charge on any atom is 0.419 e. The molecule has 1 aliphatic heterocycles. The lowest BCUT2D eigenvalue weighted by Crippen LogP contribution is -2.25. The molecular weight excluding hydrogens is 317 g/mol. The Morgan fingerprint density at radius 2 is 1.83 bits per heavy atom. The van der Waals surface area contributed by atoms with E-state index in [0.29, 0.717) is 17.6 Å². The third kappa shape index (κ3) is 2.58. The van der Waals surface area contributed by atoms with Crippen LogP contribution in [0.2, 0.25) is 0 Å². The van der Waals surface area contributed by atoms with Gasteiger partial charge in [0.2, 0.25) is 0 Å². The van der Waals surface area contributed by atoms with Crippen molar-refractivity contribution >= 4 is 17.2 Å². The summed E-state index contributed by atoms with van der Waals surface area (Å²) in [6.07, 6.45) is -3.41. The number of aromatic nitrogens is 1. The largest absolute Gasteiger partial charge is 0.419 e. The Bertz CT molecular complexity index is 772. The summed E-state index contributed by atoms with van der Waals surface area (Å²) in [6, 6.07) is 3.17. The van der Waals surface area contributed by atoms with Gasteiger partial charge >= 0.3 is 6.18 Å².